The van der Waals surface area contributed by atoms with E-state index in [0.29, 0.717) is 12.8 Å². The molecule has 47 heavy (non-hydrogen) atoms. The fourth-order valence-electron chi connectivity index (χ4n) is 6.30. The van der Waals surface area contributed by atoms with Gasteiger partial charge in [0, 0.05) is 5.92 Å². The summed E-state index contributed by atoms with van der Waals surface area (Å²) in [6.07, 6.45) is 4.99. The lowest BCUT2D eigenvalue weighted by Crippen LogP contribution is -2.60. The number of nitrogens with one attached hydrogen (secondary N) is 3. The lowest BCUT2D eigenvalue weighted by atomic mass is 9.85. The van der Waals surface area contributed by atoms with Crippen LogP contribution in [-0.4, -0.2) is 90.1 Å². The third kappa shape index (κ3) is 7.79. The topological polar surface area (TPSA) is 171 Å². The summed E-state index contributed by atoms with van der Waals surface area (Å²) >= 11 is 0. The second kappa shape index (κ2) is 13.3. The Morgan fingerprint density at radius 2 is 1.72 bits per heavy atom. The highest BCUT2D eigenvalue weighted by atomic mass is 32.2. The standard InChI is InChI=1S/C33H45N5O8S/c1-5-22-18-33(22,30(42)36-47(44,45)24-15-16-24)35-28(40)25-19-37(26(39)17-21-11-7-6-8-12-21)20-38(25)29(41)27(32(2,3)4)34-31(43)46-23-13-9-10-14-23/h5-8,11-12,22-25,27H,1,9-10,13-20H2,2-4H3,(H,34,43)(H,35,40)(H,36,42)/t22-,25+,27-,33-/m1/s1. The maximum absolute atomic E-state index is 14.3. The molecule has 1 aromatic carbocycles. The van der Waals surface area contributed by atoms with Gasteiger partial charge in [0.15, 0.2) is 0 Å². The van der Waals surface area contributed by atoms with E-state index in [1.54, 1.807) is 32.9 Å². The van der Waals surface area contributed by atoms with Crippen LogP contribution in [0.2, 0.25) is 0 Å². The van der Waals surface area contributed by atoms with E-state index in [9.17, 15) is 32.4 Å². The van der Waals surface area contributed by atoms with Crippen LogP contribution >= 0.6 is 0 Å². The zero-order valence-electron chi connectivity index (χ0n) is 27.2. The van der Waals surface area contributed by atoms with Crippen LogP contribution in [0.15, 0.2) is 43.0 Å². The van der Waals surface area contributed by atoms with Gasteiger partial charge in [-0.3, -0.25) is 23.9 Å². The first-order chi connectivity index (χ1) is 22.1. The van der Waals surface area contributed by atoms with Gasteiger partial charge < -0.3 is 25.2 Å². The second-order valence-electron chi connectivity index (χ2n) is 14.2. The van der Waals surface area contributed by atoms with Crippen molar-refractivity contribution in [2.24, 2.45) is 11.3 Å². The molecule has 0 unspecified atom stereocenters. The zero-order chi connectivity index (χ0) is 34.1. The summed E-state index contributed by atoms with van der Waals surface area (Å²) in [5.41, 5.74) is -1.62. The van der Waals surface area contributed by atoms with Crippen molar-refractivity contribution in [1.82, 2.24) is 25.2 Å². The van der Waals surface area contributed by atoms with Crippen LogP contribution in [0.3, 0.4) is 0 Å². The van der Waals surface area contributed by atoms with E-state index < -0.39 is 68.0 Å². The number of nitrogens with zero attached hydrogens (tertiary/aromatic N) is 2. The summed E-state index contributed by atoms with van der Waals surface area (Å²) in [6.45, 7) is 8.65. The lowest BCUT2D eigenvalue weighted by Gasteiger charge is -2.35. The summed E-state index contributed by atoms with van der Waals surface area (Å²) in [7, 11) is -3.89. The summed E-state index contributed by atoms with van der Waals surface area (Å²) in [6, 6.07) is 6.71. The molecule has 256 valence electrons. The summed E-state index contributed by atoms with van der Waals surface area (Å²) < 4.78 is 32.8. The minimum absolute atomic E-state index is 0.0375. The zero-order valence-corrected chi connectivity index (χ0v) is 28.0. The summed E-state index contributed by atoms with van der Waals surface area (Å²) in [5.74, 6) is -3.03. The van der Waals surface area contributed by atoms with E-state index >= 15 is 0 Å². The van der Waals surface area contributed by atoms with Crippen LogP contribution in [0.4, 0.5) is 4.79 Å². The molecule has 0 bridgehead atoms. The Hall–Kier alpha value is -3.94. The Morgan fingerprint density at radius 3 is 2.30 bits per heavy atom. The number of rotatable bonds is 11. The molecule has 0 radical (unpaired) electrons. The van der Waals surface area contributed by atoms with E-state index in [1.807, 2.05) is 18.2 Å². The predicted octanol–water partition coefficient (Wildman–Crippen LogP) is 1.98. The minimum Gasteiger partial charge on any atom is -0.446 e. The monoisotopic (exact) mass is 671 g/mol. The van der Waals surface area contributed by atoms with E-state index in [-0.39, 0.29) is 38.1 Å². The first-order valence-corrected chi connectivity index (χ1v) is 17.8. The Labute approximate surface area is 275 Å². The van der Waals surface area contributed by atoms with Gasteiger partial charge in [-0.1, -0.05) is 57.2 Å². The van der Waals surface area contributed by atoms with Crippen molar-refractivity contribution in [3.05, 3.63) is 48.6 Å². The molecular formula is C33H45N5O8S. The molecule has 3 N–H and O–H groups in total. The fourth-order valence-corrected chi connectivity index (χ4v) is 7.67. The molecule has 4 aliphatic rings. The SMILES string of the molecule is C=C[C@@H]1C[C@]1(NC(=O)[C@@H]1CN(C(=O)Cc2ccccc2)CN1C(=O)[C@@H](NC(=O)OC1CCCC1)C(C)(C)C)C(=O)NS(=O)(=O)C1CC1. The Morgan fingerprint density at radius 1 is 1.06 bits per heavy atom. The Balaban J connectivity index is 1.38. The van der Waals surface area contributed by atoms with Crippen molar-refractivity contribution in [2.75, 3.05) is 13.2 Å². The highest BCUT2D eigenvalue weighted by Gasteiger charge is 2.62. The van der Waals surface area contributed by atoms with E-state index in [2.05, 4.69) is 21.9 Å². The van der Waals surface area contributed by atoms with Gasteiger partial charge in [-0.15, -0.1) is 6.58 Å². The van der Waals surface area contributed by atoms with Crippen LogP contribution in [0.1, 0.15) is 71.3 Å². The highest BCUT2D eigenvalue weighted by Crippen LogP contribution is 2.45. The maximum Gasteiger partial charge on any atom is 0.408 e. The molecule has 4 atom stereocenters. The first-order valence-electron chi connectivity index (χ1n) is 16.2. The maximum atomic E-state index is 14.3. The Bertz CT molecular complexity index is 1520. The number of sulfonamides is 1. The van der Waals surface area contributed by atoms with Gasteiger partial charge in [0.05, 0.1) is 24.9 Å². The molecular weight excluding hydrogens is 626 g/mol. The lowest BCUT2D eigenvalue weighted by molar-refractivity contribution is -0.143. The number of amides is 5. The van der Waals surface area contributed by atoms with E-state index in [1.165, 1.54) is 15.9 Å². The molecule has 3 saturated carbocycles. The van der Waals surface area contributed by atoms with Crippen molar-refractivity contribution in [1.29, 1.82) is 0 Å². The molecule has 14 heteroatoms. The van der Waals surface area contributed by atoms with Gasteiger partial charge in [-0.2, -0.15) is 0 Å². The molecule has 3 aliphatic carbocycles. The van der Waals surface area contributed by atoms with Gasteiger partial charge >= 0.3 is 6.09 Å². The van der Waals surface area contributed by atoms with Crippen molar-refractivity contribution in [2.45, 2.75) is 101 Å². The van der Waals surface area contributed by atoms with Gasteiger partial charge in [-0.05, 0) is 55.9 Å². The fraction of sp³-hybridized carbons (Fsp3) is 0.606. The Kier molecular flexibility index (Phi) is 9.72. The number of benzene rings is 1. The molecule has 13 nitrogen and oxygen atoms in total. The van der Waals surface area contributed by atoms with E-state index in [0.717, 1.165) is 31.2 Å². The van der Waals surface area contributed by atoms with Crippen LogP contribution < -0.4 is 15.4 Å². The predicted molar refractivity (Wildman–Crippen MR) is 172 cm³/mol. The average Bonchev–Trinajstić information content (AvgIpc) is 3.88. The minimum atomic E-state index is -3.89. The molecule has 5 rings (SSSR count). The summed E-state index contributed by atoms with van der Waals surface area (Å²) in [4.78, 5) is 70.6. The van der Waals surface area contributed by atoms with Crippen molar-refractivity contribution < 1.29 is 37.1 Å². The van der Waals surface area contributed by atoms with Gasteiger partial charge in [0.1, 0.15) is 23.7 Å². The summed E-state index contributed by atoms with van der Waals surface area (Å²) in [5, 5.41) is 4.79. The van der Waals surface area contributed by atoms with Gasteiger partial charge in [-0.25, -0.2) is 13.2 Å². The number of hydrogen-bond acceptors (Lipinski definition) is 8. The van der Waals surface area contributed by atoms with Crippen molar-refractivity contribution >= 4 is 39.7 Å². The van der Waals surface area contributed by atoms with Crippen LogP contribution in [0.5, 0.6) is 0 Å². The van der Waals surface area contributed by atoms with Crippen LogP contribution in [0, 0.1) is 11.3 Å². The van der Waals surface area contributed by atoms with E-state index in [4.69, 9.17) is 4.74 Å². The molecule has 1 aliphatic heterocycles. The van der Waals surface area contributed by atoms with Crippen molar-refractivity contribution in [3.63, 3.8) is 0 Å². The normalized spacial score (nSPS) is 25.1. The quantitative estimate of drug-likeness (QED) is 0.300. The number of ether oxygens (including phenoxy) is 1. The average molecular weight is 672 g/mol. The number of carbonyl (C=O) groups excluding carboxylic acids is 5. The highest BCUT2D eigenvalue weighted by molar-refractivity contribution is 7.91. The second-order valence-corrected chi connectivity index (χ2v) is 16.1. The third-order valence-corrected chi connectivity index (χ3v) is 11.2. The van der Waals surface area contributed by atoms with Crippen LogP contribution in [-0.2, 0) is 40.4 Å². The number of alkyl carbamates (subject to hydrolysis) is 1. The molecule has 1 aromatic rings. The smallest absolute Gasteiger partial charge is 0.408 e. The molecule has 1 saturated heterocycles. The molecule has 4 fully saturated rings. The molecule has 0 aromatic heterocycles. The van der Waals surface area contributed by atoms with Crippen molar-refractivity contribution in [3.8, 4) is 0 Å². The molecule has 5 amide bonds. The third-order valence-electron chi connectivity index (χ3n) is 9.43. The number of hydrogen-bond donors (Lipinski definition) is 3. The first kappa shape index (κ1) is 34.4. The number of carbonyl (C=O) groups is 5. The molecule has 0 spiro atoms. The van der Waals surface area contributed by atoms with Crippen LogP contribution in [0.25, 0.3) is 0 Å². The largest absolute Gasteiger partial charge is 0.446 e. The van der Waals surface area contributed by atoms with Gasteiger partial charge in [0.25, 0.3) is 5.91 Å². The molecule has 1 heterocycles. The van der Waals surface area contributed by atoms with Gasteiger partial charge in [0.2, 0.25) is 27.7 Å².